The average Bonchev–Trinajstić information content (AvgIpc) is 2.93. The predicted octanol–water partition coefficient (Wildman–Crippen LogP) is 2.94. The molecule has 0 radical (unpaired) electrons. The van der Waals surface area contributed by atoms with Crippen LogP contribution < -0.4 is 9.47 Å². The minimum absolute atomic E-state index is 0.162. The number of benzene rings is 1. The van der Waals surface area contributed by atoms with Crippen LogP contribution in [0.3, 0.4) is 0 Å². The molecule has 1 spiro atoms. The Labute approximate surface area is 153 Å². The van der Waals surface area contributed by atoms with Crippen molar-refractivity contribution in [2.24, 2.45) is 5.92 Å². The predicted molar refractivity (Wildman–Crippen MR) is 94.0 cm³/mol. The number of hydrogen-bond donors (Lipinski definition) is 0. The first kappa shape index (κ1) is 17.2. The van der Waals surface area contributed by atoms with Gasteiger partial charge in [-0.3, -0.25) is 9.59 Å². The van der Waals surface area contributed by atoms with Crippen LogP contribution >= 0.6 is 0 Å². The first-order valence-corrected chi connectivity index (χ1v) is 9.25. The number of hydrogen-bond acceptors (Lipinski definition) is 5. The summed E-state index contributed by atoms with van der Waals surface area (Å²) in [4.78, 5) is 26.5. The standard InChI is InChI=1S/C20H25NO5/c1-12(22)26-18-11-21-19(23)8-13-6-4-5-7-20(13,21)15-10-17(25-3)16(24-2)9-14(15)18/h9-10,13,18H,4-8,11H2,1-3H3/t13-,18+,20-/m0/s1. The van der Waals surface area contributed by atoms with Crippen LogP contribution in [0.1, 0.15) is 56.3 Å². The lowest BCUT2D eigenvalue weighted by Gasteiger charge is -2.51. The van der Waals surface area contributed by atoms with E-state index in [-0.39, 0.29) is 17.4 Å². The quantitative estimate of drug-likeness (QED) is 0.777. The van der Waals surface area contributed by atoms with Gasteiger partial charge in [0.05, 0.1) is 26.3 Å². The number of carbonyl (C=O) groups is 2. The largest absolute Gasteiger partial charge is 0.493 e. The molecule has 1 saturated carbocycles. The summed E-state index contributed by atoms with van der Waals surface area (Å²) in [5.41, 5.74) is 1.69. The highest BCUT2D eigenvalue weighted by Crippen LogP contribution is 2.58. The van der Waals surface area contributed by atoms with Crippen molar-refractivity contribution in [3.05, 3.63) is 23.3 Å². The molecule has 2 heterocycles. The molecule has 26 heavy (non-hydrogen) atoms. The fourth-order valence-electron chi connectivity index (χ4n) is 5.26. The van der Waals surface area contributed by atoms with Crippen molar-refractivity contribution in [3.8, 4) is 11.5 Å². The van der Waals surface area contributed by atoms with Gasteiger partial charge in [-0.05, 0) is 36.5 Å². The fourth-order valence-corrected chi connectivity index (χ4v) is 5.26. The number of nitrogens with zero attached hydrogens (tertiary/aromatic N) is 1. The monoisotopic (exact) mass is 359 g/mol. The van der Waals surface area contributed by atoms with Gasteiger partial charge < -0.3 is 19.1 Å². The number of rotatable bonds is 3. The van der Waals surface area contributed by atoms with Crippen molar-refractivity contribution in [1.82, 2.24) is 4.90 Å². The molecule has 6 nitrogen and oxygen atoms in total. The van der Waals surface area contributed by atoms with Crippen LogP contribution in [0.4, 0.5) is 0 Å². The number of amides is 1. The minimum atomic E-state index is -0.474. The third-order valence-corrected chi connectivity index (χ3v) is 6.27. The number of carbonyl (C=O) groups excluding carboxylic acids is 2. The molecule has 1 amide bonds. The SMILES string of the molecule is COc1cc2c(cc1OC)[C@]13CCCC[C@H]1CC(=O)N3C[C@H]2OC(C)=O. The summed E-state index contributed by atoms with van der Waals surface area (Å²) < 4.78 is 16.6. The summed E-state index contributed by atoms with van der Waals surface area (Å²) in [6, 6.07) is 3.91. The Morgan fingerprint density at radius 3 is 2.62 bits per heavy atom. The molecule has 4 rings (SSSR count). The maximum atomic E-state index is 12.8. The highest BCUT2D eigenvalue weighted by atomic mass is 16.5. The molecule has 1 aliphatic carbocycles. The molecule has 0 bridgehead atoms. The van der Waals surface area contributed by atoms with Crippen molar-refractivity contribution < 1.29 is 23.8 Å². The van der Waals surface area contributed by atoms with E-state index in [0.717, 1.165) is 36.8 Å². The zero-order valence-electron chi connectivity index (χ0n) is 15.5. The van der Waals surface area contributed by atoms with E-state index in [9.17, 15) is 9.59 Å². The third kappa shape index (κ3) is 2.31. The first-order chi connectivity index (χ1) is 12.5. The summed E-state index contributed by atoms with van der Waals surface area (Å²) in [5.74, 6) is 1.38. The Kier molecular flexibility index (Phi) is 4.09. The Morgan fingerprint density at radius 1 is 1.19 bits per heavy atom. The molecule has 1 aromatic rings. The van der Waals surface area contributed by atoms with E-state index >= 15 is 0 Å². The van der Waals surface area contributed by atoms with Gasteiger partial charge in [0.1, 0.15) is 6.10 Å². The van der Waals surface area contributed by atoms with E-state index in [4.69, 9.17) is 14.2 Å². The normalized spacial score (nSPS) is 29.5. The average molecular weight is 359 g/mol. The lowest BCUT2D eigenvalue weighted by Crippen LogP contribution is -2.53. The van der Waals surface area contributed by atoms with E-state index in [1.54, 1.807) is 14.2 Å². The molecule has 6 heteroatoms. The van der Waals surface area contributed by atoms with Gasteiger partial charge in [0.2, 0.25) is 5.91 Å². The molecular formula is C20H25NO5. The molecule has 0 N–H and O–H groups in total. The van der Waals surface area contributed by atoms with Crippen molar-refractivity contribution in [3.63, 3.8) is 0 Å². The highest BCUT2D eigenvalue weighted by molar-refractivity contribution is 5.82. The van der Waals surface area contributed by atoms with Gasteiger partial charge in [0.15, 0.2) is 11.5 Å². The van der Waals surface area contributed by atoms with E-state index in [1.807, 2.05) is 17.0 Å². The molecule has 140 valence electrons. The van der Waals surface area contributed by atoms with Crippen LogP contribution in [-0.2, 0) is 19.9 Å². The van der Waals surface area contributed by atoms with Gasteiger partial charge in [-0.1, -0.05) is 12.8 Å². The Bertz CT molecular complexity index is 761. The molecule has 1 saturated heterocycles. The molecule has 1 aromatic carbocycles. The Balaban J connectivity index is 1.93. The Morgan fingerprint density at radius 2 is 1.92 bits per heavy atom. The van der Waals surface area contributed by atoms with Crippen molar-refractivity contribution in [2.75, 3.05) is 20.8 Å². The zero-order valence-corrected chi connectivity index (χ0v) is 15.5. The van der Waals surface area contributed by atoms with E-state index in [0.29, 0.717) is 30.4 Å². The van der Waals surface area contributed by atoms with Gasteiger partial charge in [-0.15, -0.1) is 0 Å². The second kappa shape index (κ2) is 6.18. The summed E-state index contributed by atoms with van der Waals surface area (Å²) in [5, 5.41) is 0. The molecule has 2 fully saturated rings. The first-order valence-electron chi connectivity index (χ1n) is 9.25. The van der Waals surface area contributed by atoms with Gasteiger partial charge in [-0.25, -0.2) is 0 Å². The molecular weight excluding hydrogens is 334 g/mol. The van der Waals surface area contributed by atoms with Crippen LogP contribution in [0.2, 0.25) is 0 Å². The van der Waals surface area contributed by atoms with Gasteiger partial charge in [0, 0.05) is 18.9 Å². The van der Waals surface area contributed by atoms with E-state index in [2.05, 4.69) is 0 Å². The van der Waals surface area contributed by atoms with Crippen LogP contribution in [-0.4, -0.2) is 37.5 Å². The van der Waals surface area contributed by atoms with Crippen LogP contribution in [0.15, 0.2) is 12.1 Å². The number of methoxy groups -OCH3 is 2. The van der Waals surface area contributed by atoms with Crippen LogP contribution in [0.25, 0.3) is 0 Å². The molecule has 3 atom stereocenters. The van der Waals surface area contributed by atoms with Crippen molar-refractivity contribution in [1.29, 1.82) is 0 Å². The smallest absolute Gasteiger partial charge is 0.303 e. The zero-order chi connectivity index (χ0) is 18.5. The van der Waals surface area contributed by atoms with Crippen molar-refractivity contribution in [2.45, 2.75) is 50.7 Å². The summed E-state index contributed by atoms with van der Waals surface area (Å²) in [7, 11) is 3.21. The summed E-state index contributed by atoms with van der Waals surface area (Å²) in [6.45, 7) is 1.82. The molecule has 0 aromatic heterocycles. The Hall–Kier alpha value is -2.24. The third-order valence-electron chi connectivity index (χ3n) is 6.27. The van der Waals surface area contributed by atoms with Crippen molar-refractivity contribution >= 4 is 11.9 Å². The van der Waals surface area contributed by atoms with Crippen LogP contribution in [0, 0.1) is 5.92 Å². The lowest BCUT2D eigenvalue weighted by molar-refractivity contribution is -0.154. The van der Waals surface area contributed by atoms with Gasteiger partial charge in [0.25, 0.3) is 0 Å². The topological polar surface area (TPSA) is 65.1 Å². The summed E-state index contributed by atoms with van der Waals surface area (Å²) >= 11 is 0. The number of esters is 1. The maximum absolute atomic E-state index is 12.8. The number of fused-ring (bicyclic) bond motifs is 1. The highest BCUT2D eigenvalue weighted by Gasteiger charge is 2.58. The van der Waals surface area contributed by atoms with E-state index in [1.165, 1.54) is 6.92 Å². The van der Waals surface area contributed by atoms with Gasteiger partial charge >= 0.3 is 5.97 Å². The number of ether oxygens (including phenoxy) is 3. The molecule has 3 aliphatic rings. The molecule has 0 unspecified atom stereocenters. The second-order valence-corrected chi connectivity index (χ2v) is 7.47. The summed E-state index contributed by atoms with van der Waals surface area (Å²) in [6.07, 6.45) is 4.33. The van der Waals surface area contributed by atoms with E-state index < -0.39 is 6.10 Å². The maximum Gasteiger partial charge on any atom is 0.303 e. The second-order valence-electron chi connectivity index (χ2n) is 7.47. The minimum Gasteiger partial charge on any atom is -0.493 e. The molecule has 2 aliphatic heterocycles. The lowest BCUT2D eigenvalue weighted by atomic mass is 9.66. The fraction of sp³-hybridized carbons (Fsp3) is 0.600. The van der Waals surface area contributed by atoms with Crippen LogP contribution in [0.5, 0.6) is 11.5 Å². The van der Waals surface area contributed by atoms with Gasteiger partial charge in [-0.2, -0.15) is 0 Å².